The van der Waals surface area contributed by atoms with Crippen LogP contribution in [0.5, 0.6) is 0 Å². The van der Waals surface area contributed by atoms with Crippen LogP contribution in [-0.4, -0.2) is 92.8 Å². The van der Waals surface area contributed by atoms with Crippen molar-refractivity contribution in [2.45, 2.75) is 18.7 Å². The Bertz CT molecular complexity index is 750. The van der Waals surface area contributed by atoms with E-state index >= 15 is 0 Å². The van der Waals surface area contributed by atoms with E-state index in [1.165, 1.54) is 10.5 Å². The van der Waals surface area contributed by atoms with Crippen molar-refractivity contribution in [2.75, 3.05) is 64.3 Å². The van der Waals surface area contributed by atoms with Gasteiger partial charge in [0, 0.05) is 64.5 Å². The number of piperazine rings is 2. The highest BCUT2D eigenvalue weighted by Crippen LogP contribution is 2.20. The SMILES string of the molecule is CC(C)C(=O)N1CCN(c2ccc(S(=O)(=O)N3CCN(C)CC3)cn2)CC1. The molecule has 0 radical (unpaired) electrons. The smallest absolute Gasteiger partial charge is 0.244 e. The van der Waals surface area contributed by atoms with Gasteiger partial charge in [-0.25, -0.2) is 13.4 Å². The van der Waals surface area contributed by atoms with Crippen molar-refractivity contribution in [3.63, 3.8) is 0 Å². The number of nitrogens with zero attached hydrogens (tertiary/aromatic N) is 5. The van der Waals surface area contributed by atoms with E-state index in [4.69, 9.17) is 0 Å². The molecule has 3 heterocycles. The lowest BCUT2D eigenvalue weighted by molar-refractivity contribution is -0.134. The second kappa shape index (κ2) is 8.12. The van der Waals surface area contributed by atoms with E-state index in [1.54, 1.807) is 12.1 Å². The third-order valence-corrected chi connectivity index (χ3v) is 7.11. The Morgan fingerprint density at radius 1 is 1.00 bits per heavy atom. The van der Waals surface area contributed by atoms with Gasteiger partial charge in [-0.2, -0.15) is 4.31 Å². The van der Waals surface area contributed by atoms with Crippen LogP contribution in [-0.2, 0) is 14.8 Å². The number of carbonyl (C=O) groups excluding carboxylic acids is 1. The van der Waals surface area contributed by atoms with Gasteiger partial charge in [0.15, 0.2) is 0 Å². The van der Waals surface area contributed by atoms with Crippen molar-refractivity contribution in [3.8, 4) is 0 Å². The number of anilines is 1. The molecule has 2 aliphatic heterocycles. The summed E-state index contributed by atoms with van der Waals surface area (Å²) in [6.07, 6.45) is 1.45. The summed E-state index contributed by atoms with van der Waals surface area (Å²) in [5.41, 5.74) is 0. The van der Waals surface area contributed by atoms with Crippen LogP contribution < -0.4 is 4.90 Å². The summed E-state index contributed by atoms with van der Waals surface area (Å²) < 4.78 is 27.1. The van der Waals surface area contributed by atoms with Gasteiger partial charge in [0.1, 0.15) is 10.7 Å². The van der Waals surface area contributed by atoms with E-state index in [2.05, 4.69) is 14.8 Å². The number of pyridine rings is 1. The Balaban J connectivity index is 1.63. The van der Waals surface area contributed by atoms with E-state index in [1.807, 2.05) is 25.8 Å². The zero-order chi connectivity index (χ0) is 19.6. The Morgan fingerprint density at radius 2 is 1.63 bits per heavy atom. The van der Waals surface area contributed by atoms with Crippen molar-refractivity contribution < 1.29 is 13.2 Å². The van der Waals surface area contributed by atoms with E-state index in [0.29, 0.717) is 39.3 Å². The van der Waals surface area contributed by atoms with E-state index < -0.39 is 10.0 Å². The van der Waals surface area contributed by atoms with Crippen LogP contribution in [0.4, 0.5) is 5.82 Å². The number of rotatable bonds is 4. The fourth-order valence-electron chi connectivity index (χ4n) is 3.41. The van der Waals surface area contributed by atoms with Crippen molar-refractivity contribution in [2.24, 2.45) is 5.92 Å². The highest BCUT2D eigenvalue weighted by Gasteiger charge is 2.28. The van der Waals surface area contributed by atoms with Crippen molar-refractivity contribution in [3.05, 3.63) is 18.3 Å². The monoisotopic (exact) mass is 395 g/mol. The predicted molar refractivity (Wildman–Crippen MR) is 104 cm³/mol. The molecule has 1 aromatic rings. The molecule has 0 bridgehead atoms. The fourth-order valence-corrected chi connectivity index (χ4v) is 4.78. The molecule has 1 aromatic heterocycles. The first-order valence-corrected chi connectivity index (χ1v) is 10.9. The molecule has 150 valence electrons. The molecule has 2 aliphatic rings. The van der Waals surface area contributed by atoms with Gasteiger partial charge in [-0.3, -0.25) is 4.79 Å². The lowest BCUT2D eigenvalue weighted by Gasteiger charge is -2.36. The molecular weight excluding hydrogens is 366 g/mol. The number of carbonyl (C=O) groups is 1. The highest BCUT2D eigenvalue weighted by molar-refractivity contribution is 7.89. The second-order valence-electron chi connectivity index (χ2n) is 7.53. The van der Waals surface area contributed by atoms with Crippen molar-refractivity contribution in [1.82, 2.24) is 19.1 Å². The molecule has 27 heavy (non-hydrogen) atoms. The minimum absolute atomic E-state index is 0.00809. The predicted octanol–water partition coefficient (Wildman–Crippen LogP) is 0.322. The summed E-state index contributed by atoms with van der Waals surface area (Å²) in [5, 5.41) is 0. The maximum atomic E-state index is 12.8. The van der Waals surface area contributed by atoms with Crippen molar-refractivity contribution in [1.29, 1.82) is 0 Å². The van der Waals surface area contributed by atoms with Gasteiger partial charge in [-0.05, 0) is 19.2 Å². The van der Waals surface area contributed by atoms with Crippen LogP contribution in [0.25, 0.3) is 0 Å². The first-order valence-electron chi connectivity index (χ1n) is 9.47. The van der Waals surface area contributed by atoms with Gasteiger partial charge in [0.2, 0.25) is 15.9 Å². The minimum atomic E-state index is -3.49. The topological polar surface area (TPSA) is 77.1 Å². The molecule has 9 heteroatoms. The molecule has 0 atom stereocenters. The number of likely N-dealkylation sites (N-methyl/N-ethyl adjacent to an activating group) is 1. The van der Waals surface area contributed by atoms with Crippen LogP contribution in [0.3, 0.4) is 0 Å². The summed E-state index contributed by atoms with van der Waals surface area (Å²) >= 11 is 0. The van der Waals surface area contributed by atoms with E-state index in [0.717, 1.165) is 18.9 Å². The molecule has 3 rings (SSSR count). The molecule has 0 saturated carbocycles. The van der Waals surface area contributed by atoms with Crippen LogP contribution in [0.15, 0.2) is 23.2 Å². The van der Waals surface area contributed by atoms with Gasteiger partial charge in [-0.15, -0.1) is 0 Å². The van der Waals surface area contributed by atoms with Gasteiger partial charge in [0.25, 0.3) is 0 Å². The Morgan fingerprint density at radius 3 is 2.15 bits per heavy atom. The van der Waals surface area contributed by atoms with Crippen LogP contribution in [0.2, 0.25) is 0 Å². The average Bonchev–Trinajstić information content (AvgIpc) is 2.68. The third kappa shape index (κ3) is 4.41. The Hall–Kier alpha value is -1.71. The van der Waals surface area contributed by atoms with Gasteiger partial charge >= 0.3 is 0 Å². The van der Waals surface area contributed by atoms with E-state index in [9.17, 15) is 13.2 Å². The number of aromatic nitrogens is 1. The average molecular weight is 396 g/mol. The highest BCUT2D eigenvalue weighted by atomic mass is 32.2. The first kappa shape index (κ1) is 20.0. The van der Waals surface area contributed by atoms with Gasteiger partial charge < -0.3 is 14.7 Å². The van der Waals surface area contributed by atoms with Crippen LogP contribution in [0, 0.1) is 5.92 Å². The summed E-state index contributed by atoms with van der Waals surface area (Å²) in [6.45, 7) is 9.06. The molecule has 0 aliphatic carbocycles. The molecule has 0 N–H and O–H groups in total. The molecule has 0 aromatic carbocycles. The van der Waals surface area contributed by atoms with Gasteiger partial charge in [0.05, 0.1) is 0 Å². The van der Waals surface area contributed by atoms with Crippen LogP contribution >= 0.6 is 0 Å². The zero-order valence-corrected chi connectivity index (χ0v) is 17.2. The summed E-state index contributed by atoms with van der Waals surface area (Å²) in [4.78, 5) is 22.8. The fraction of sp³-hybridized carbons (Fsp3) is 0.667. The Kier molecular flexibility index (Phi) is 6.02. The summed E-state index contributed by atoms with van der Waals surface area (Å²) in [6, 6.07) is 3.41. The third-order valence-electron chi connectivity index (χ3n) is 5.23. The number of amides is 1. The molecule has 2 saturated heterocycles. The van der Waals surface area contributed by atoms with Crippen LogP contribution in [0.1, 0.15) is 13.8 Å². The number of hydrogen-bond donors (Lipinski definition) is 0. The normalized spacial score (nSPS) is 20.3. The quantitative estimate of drug-likeness (QED) is 0.731. The molecule has 8 nitrogen and oxygen atoms in total. The molecule has 0 spiro atoms. The lowest BCUT2D eigenvalue weighted by Crippen LogP contribution is -2.50. The van der Waals surface area contributed by atoms with Gasteiger partial charge in [-0.1, -0.05) is 13.8 Å². The number of sulfonamides is 1. The molecule has 0 unspecified atom stereocenters. The Labute approximate surface area is 161 Å². The lowest BCUT2D eigenvalue weighted by atomic mass is 10.1. The zero-order valence-electron chi connectivity index (χ0n) is 16.3. The molecule has 1 amide bonds. The van der Waals surface area contributed by atoms with Crippen molar-refractivity contribution >= 4 is 21.7 Å². The number of hydrogen-bond acceptors (Lipinski definition) is 6. The van der Waals surface area contributed by atoms with E-state index in [-0.39, 0.29) is 16.7 Å². The largest absolute Gasteiger partial charge is 0.353 e. The maximum Gasteiger partial charge on any atom is 0.244 e. The first-order chi connectivity index (χ1) is 12.8. The molecule has 2 fully saturated rings. The standard InChI is InChI=1S/C18H29N5O3S/c1-15(2)18(24)22-10-8-21(9-11-22)17-5-4-16(14-19-17)27(25,26)23-12-6-20(3)7-13-23/h4-5,14-15H,6-13H2,1-3H3. The minimum Gasteiger partial charge on any atom is -0.353 e. The summed E-state index contributed by atoms with van der Waals surface area (Å²) in [5.74, 6) is 0.939. The second-order valence-corrected chi connectivity index (χ2v) is 9.46. The summed E-state index contributed by atoms with van der Waals surface area (Å²) in [7, 11) is -1.49. The maximum absolute atomic E-state index is 12.8. The molecular formula is C18H29N5O3S.